The maximum absolute atomic E-state index is 11.9. The van der Waals surface area contributed by atoms with Gasteiger partial charge in [-0.3, -0.25) is 9.59 Å². The van der Waals surface area contributed by atoms with Crippen molar-refractivity contribution in [2.75, 3.05) is 6.54 Å². The molecule has 6 nitrogen and oxygen atoms in total. The van der Waals surface area contributed by atoms with Crippen LogP contribution in [-0.2, 0) is 0 Å². The number of hydrogen-bond donors (Lipinski definition) is 3. The lowest BCUT2D eigenvalue weighted by atomic mass is 10.1. The summed E-state index contributed by atoms with van der Waals surface area (Å²) >= 11 is 5.81. The number of rotatable bonds is 4. The Hall–Kier alpha value is -2.18. The van der Waals surface area contributed by atoms with Gasteiger partial charge in [0.15, 0.2) is 0 Å². The number of H-pyrrole nitrogens is 1. The van der Waals surface area contributed by atoms with E-state index in [1.807, 2.05) is 0 Å². The number of aliphatic hydroxyl groups is 1. The van der Waals surface area contributed by atoms with E-state index < -0.39 is 17.6 Å². The number of nitrogens with one attached hydrogen (secondary N) is 2. The Morgan fingerprint density at radius 1 is 1.43 bits per heavy atom. The summed E-state index contributed by atoms with van der Waals surface area (Å²) in [5.74, 6) is -0.560. The number of halogens is 1. The van der Waals surface area contributed by atoms with E-state index in [9.17, 15) is 9.59 Å². The molecule has 0 aliphatic heterocycles. The first kappa shape index (κ1) is 15.2. The van der Waals surface area contributed by atoms with Gasteiger partial charge in [-0.2, -0.15) is 5.10 Å². The van der Waals surface area contributed by atoms with Crippen molar-refractivity contribution in [2.24, 2.45) is 0 Å². The smallest absolute Gasteiger partial charge is 0.277 e. The minimum Gasteiger partial charge on any atom is -0.392 e. The molecule has 2 rings (SSSR count). The maximum Gasteiger partial charge on any atom is 0.277 e. The highest BCUT2D eigenvalue weighted by Crippen LogP contribution is 2.18. The van der Waals surface area contributed by atoms with Gasteiger partial charge in [-0.15, -0.1) is 0 Å². The lowest BCUT2D eigenvalue weighted by molar-refractivity contribution is 0.0922. The van der Waals surface area contributed by atoms with Crippen LogP contribution in [0.3, 0.4) is 0 Å². The molecule has 0 spiro atoms. The van der Waals surface area contributed by atoms with Crippen LogP contribution in [0.25, 0.3) is 11.3 Å². The summed E-state index contributed by atoms with van der Waals surface area (Å²) in [5, 5.41) is 18.4. The van der Waals surface area contributed by atoms with Crippen LogP contribution >= 0.6 is 11.6 Å². The number of aromatic amines is 1. The van der Waals surface area contributed by atoms with E-state index in [-0.39, 0.29) is 12.1 Å². The monoisotopic (exact) mass is 307 g/mol. The van der Waals surface area contributed by atoms with Gasteiger partial charge < -0.3 is 10.4 Å². The Labute approximate surface area is 125 Å². The second-order valence-corrected chi connectivity index (χ2v) is 5.00. The summed E-state index contributed by atoms with van der Waals surface area (Å²) in [5.41, 5.74) is 0.528. The van der Waals surface area contributed by atoms with E-state index in [0.29, 0.717) is 10.7 Å². The third kappa shape index (κ3) is 3.90. The zero-order valence-electron chi connectivity index (χ0n) is 11.3. The van der Waals surface area contributed by atoms with E-state index in [0.717, 1.165) is 5.56 Å². The van der Waals surface area contributed by atoms with E-state index in [1.165, 1.54) is 13.0 Å². The molecule has 1 amide bonds. The second kappa shape index (κ2) is 6.51. The quantitative estimate of drug-likeness (QED) is 0.791. The van der Waals surface area contributed by atoms with Gasteiger partial charge in [0.25, 0.3) is 11.5 Å². The number of aromatic nitrogens is 2. The van der Waals surface area contributed by atoms with Crippen LogP contribution in [0.15, 0.2) is 35.1 Å². The Morgan fingerprint density at radius 2 is 2.10 bits per heavy atom. The molecule has 0 unspecified atom stereocenters. The molecular formula is C14H14ClN3O3. The number of hydrogen-bond acceptors (Lipinski definition) is 4. The molecule has 2 aromatic rings. The molecule has 1 atom stereocenters. The summed E-state index contributed by atoms with van der Waals surface area (Å²) in [6, 6.07) is 8.26. The van der Waals surface area contributed by atoms with Crippen LogP contribution < -0.4 is 10.9 Å². The van der Waals surface area contributed by atoms with Crippen molar-refractivity contribution in [3.63, 3.8) is 0 Å². The maximum atomic E-state index is 11.9. The predicted octanol–water partition coefficient (Wildman–Crippen LogP) is 1.20. The van der Waals surface area contributed by atoms with Gasteiger partial charge in [-0.1, -0.05) is 23.7 Å². The van der Waals surface area contributed by atoms with E-state index in [2.05, 4.69) is 15.5 Å². The molecule has 0 radical (unpaired) electrons. The fraction of sp³-hybridized carbons (Fsp3) is 0.214. The molecule has 0 bridgehead atoms. The van der Waals surface area contributed by atoms with Crippen molar-refractivity contribution < 1.29 is 9.90 Å². The van der Waals surface area contributed by atoms with E-state index in [4.69, 9.17) is 16.7 Å². The fourth-order valence-corrected chi connectivity index (χ4v) is 1.80. The van der Waals surface area contributed by atoms with E-state index >= 15 is 0 Å². The number of carbonyl (C=O) groups excluding carboxylic acids is 1. The minimum atomic E-state index is -0.689. The van der Waals surface area contributed by atoms with Gasteiger partial charge >= 0.3 is 0 Å². The summed E-state index contributed by atoms with van der Waals surface area (Å²) in [6.07, 6.45) is -0.689. The summed E-state index contributed by atoms with van der Waals surface area (Å²) in [7, 11) is 0. The lowest BCUT2D eigenvalue weighted by Gasteiger charge is -2.07. The Kier molecular flexibility index (Phi) is 4.72. The molecule has 110 valence electrons. The number of carbonyl (C=O) groups is 1. The highest BCUT2D eigenvalue weighted by molar-refractivity contribution is 6.30. The van der Waals surface area contributed by atoms with Crippen LogP contribution in [-0.4, -0.2) is 33.9 Å². The van der Waals surface area contributed by atoms with Crippen molar-refractivity contribution in [3.05, 3.63) is 51.3 Å². The molecule has 0 aliphatic carbocycles. The van der Waals surface area contributed by atoms with Crippen molar-refractivity contribution in [2.45, 2.75) is 13.0 Å². The SMILES string of the molecule is C[C@H](O)CNC(=O)c1cc(-c2ccc(Cl)cc2)n[nH]c1=O. The summed E-state index contributed by atoms with van der Waals surface area (Å²) in [4.78, 5) is 23.6. The molecule has 0 fully saturated rings. The number of amides is 1. The van der Waals surface area contributed by atoms with Crippen molar-refractivity contribution in [3.8, 4) is 11.3 Å². The first-order valence-corrected chi connectivity index (χ1v) is 6.67. The Bertz CT molecular complexity index is 695. The standard InChI is InChI=1S/C14H14ClN3O3/c1-8(19)7-16-13(20)11-6-12(17-18-14(11)21)9-2-4-10(15)5-3-9/h2-6,8,19H,7H2,1H3,(H,16,20)(H,18,21)/t8-/m0/s1. The van der Waals surface area contributed by atoms with Gasteiger partial charge in [-0.05, 0) is 25.1 Å². The highest BCUT2D eigenvalue weighted by atomic mass is 35.5. The molecule has 1 aromatic heterocycles. The molecule has 0 aliphatic rings. The van der Waals surface area contributed by atoms with E-state index in [1.54, 1.807) is 24.3 Å². The largest absolute Gasteiger partial charge is 0.392 e. The van der Waals surface area contributed by atoms with Crippen LogP contribution in [0, 0.1) is 0 Å². The third-order valence-corrected chi connectivity index (χ3v) is 3.00. The molecule has 0 saturated carbocycles. The number of nitrogens with zero attached hydrogens (tertiary/aromatic N) is 1. The van der Waals surface area contributed by atoms with Crippen LogP contribution in [0.5, 0.6) is 0 Å². The van der Waals surface area contributed by atoms with Gasteiger partial charge in [0, 0.05) is 17.1 Å². The zero-order chi connectivity index (χ0) is 15.4. The topological polar surface area (TPSA) is 95.1 Å². The van der Waals surface area contributed by atoms with Crippen molar-refractivity contribution >= 4 is 17.5 Å². The van der Waals surface area contributed by atoms with Crippen molar-refractivity contribution in [1.82, 2.24) is 15.5 Å². The van der Waals surface area contributed by atoms with Crippen LogP contribution in [0.1, 0.15) is 17.3 Å². The Morgan fingerprint density at radius 3 is 2.71 bits per heavy atom. The first-order chi connectivity index (χ1) is 9.97. The molecule has 21 heavy (non-hydrogen) atoms. The molecular weight excluding hydrogens is 294 g/mol. The molecule has 3 N–H and O–H groups in total. The third-order valence-electron chi connectivity index (χ3n) is 2.75. The molecule has 7 heteroatoms. The fourth-order valence-electron chi connectivity index (χ4n) is 1.68. The van der Waals surface area contributed by atoms with Gasteiger partial charge in [0.05, 0.1) is 11.8 Å². The van der Waals surface area contributed by atoms with Gasteiger partial charge in [0.2, 0.25) is 0 Å². The average molecular weight is 308 g/mol. The first-order valence-electron chi connectivity index (χ1n) is 6.29. The average Bonchev–Trinajstić information content (AvgIpc) is 2.46. The molecule has 1 heterocycles. The minimum absolute atomic E-state index is 0.0596. The lowest BCUT2D eigenvalue weighted by Crippen LogP contribution is -2.34. The summed E-state index contributed by atoms with van der Waals surface area (Å²) < 4.78 is 0. The molecule has 1 aromatic carbocycles. The normalized spacial score (nSPS) is 12.0. The summed E-state index contributed by atoms with van der Waals surface area (Å²) in [6.45, 7) is 1.60. The van der Waals surface area contributed by atoms with Crippen molar-refractivity contribution in [1.29, 1.82) is 0 Å². The van der Waals surface area contributed by atoms with Gasteiger partial charge in [0.1, 0.15) is 5.56 Å². The van der Waals surface area contributed by atoms with Gasteiger partial charge in [-0.25, -0.2) is 5.10 Å². The highest BCUT2D eigenvalue weighted by Gasteiger charge is 2.13. The zero-order valence-corrected chi connectivity index (χ0v) is 12.0. The predicted molar refractivity (Wildman–Crippen MR) is 79.3 cm³/mol. The second-order valence-electron chi connectivity index (χ2n) is 4.56. The van der Waals surface area contributed by atoms with Crippen LogP contribution in [0.4, 0.5) is 0 Å². The molecule has 0 saturated heterocycles. The Balaban J connectivity index is 2.31. The number of benzene rings is 1. The number of aliphatic hydroxyl groups excluding tert-OH is 1. The van der Waals surface area contributed by atoms with Crippen LogP contribution in [0.2, 0.25) is 5.02 Å².